The van der Waals surface area contributed by atoms with E-state index in [2.05, 4.69) is 31.7 Å². The largest absolute Gasteiger partial charge is 0.465 e. The maximum atomic E-state index is 11.9. The van der Waals surface area contributed by atoms with Crippen molar-refractivity contribution in [2.75, 3.05) is 17.7 Å². The summed E-state index contributed by atoms with van der Waals surface area (Å²) in [6, 6.07) is 9.35. The first-order valence-corrected chi connectivity index (χ1v) is 10.5. The van der Waals surface area contributed by atoms with Gasteiger partial charge in [-0.15, -0.1) is 11.3 Å². The number of methoxy groups -OCH3 is 1. The second kappa shape index (κ2) is 9.04. The summed E-state index contributed by atoms with van der Waals surface area (Å²) in [6.07, 6.45) is 1.86. The number of thiophene rings is 1. The second-order valence-corrected chi connectivity index (χ2v) is 8.78. The first kappa shape index (κ1) is 20.8. The SMILES string of the molecule is COC(=O)c1cc(C)sc1NC(=S)Nc1nn(Cc2ccc(Cl)cc2)cc1Br. The average molecular weight is 500 g/mol. The molecule has 1 aromatic carbocycles. The number of nitrogens with one attached hydrogen (secondary N) is 2. The summed E-state index contributed by atoms with van der Waals surface area (Å²) in [6.45, 7) is 2.50. The Balaban J connectivity index is 1.69. The molecular formula is C18H16BrClN4O2S2. The standard InChI is InChI=1S/C18H16BrClN4O2S2/c1-10-7-13(17(25)26-2)16(28-10)22-18(27)21-15-14(19)9-24(23-15)8-11-3-5-12(20)6-4-11/h3-7,9H,8H2,1-2H3,(H2,21,22,23,27). The monoisotopic (exact) mass is 498 g/mol. The van der Waals surface area contributed by atoms with Crippen LogP contribution in [0.4, 0.5) is 10.8 Å². The van der Waals surface area contributed by atoms with Crippen molar-refractivity contribution in [1.82, 2.24) is 9.78 Å². The highest BCUT2D eigenvalue weighted by Crippen LogP contribution is 2.29. The molecule has 2 N–H and O–H groups in total. The minimum absolute atomic E-state index is 0.324. The molecule has 0 saturated carbocycles. The molecule has 146 valence electrons. The van der Waals surface area contributed by atoms with Gasteiger partial charge in [-0.1, -0.05) is 23.7 Å². The lowest BCUT2D eigenvalue weighted by atomic mass is 10.2. The van der Waals surface area contributed by atoms with Crippen LogP contribution in [0, 0.1) is 6.92 Å². The number of halogens is 2. The first-order valence-electron chi connectivity index (χ1n) is 8.10. The van der Waals surface area contributed by atoms with E-state index in [9.17, 15) is 4.79 Å². The van der Waals surface area contributed by atoms with E-state index in [1.54, 1.807) is 10.7 Å². The molecule has 2 heterocycles. The lowest BCUT2D eigenvalue weighted by Crippen LogP contribution is -2.20. The van der Waals surface area contributed by atoms with Gasteiger partial charge in [0.05, 0.1) is 23.7 Å². The van der Waals surface area contributed by atoms with Gasteiger partial charge in [-0.3, -0.25) is 4.68 Å². The number of carbonyl (C=O) groups is 1. The van der Waals surface area contributed by atoms with Crippen molar-refractivity contribution < 1.29 is 9.53 Å². The number of aromatic nitrogens is 2. The number of thiocarbonyl (C=S) groups is 1. The van der Waals surface area contributed by atoms with Crippen LogP contribution >= 0.6 is 51.1 Å². The molecule has 0 aliphatic rings. The van der Waals surface area contributed by atoms with Crippen LogP contribution < -0.4 is 10.6 Å². The number of nitrogens with zero attached hydrogens (tertiary/aromatic N) is 2. The number of hydrogen-bond donors (Lipinski definition) is 2. The molecule has 0 unspecified atom stereocenters. The van der Waals surface area contributed by atoms with E-state index in [0.29, 0.717) is 33.1 Å². The van der Waals surface area contributed by atoms with Crippen molar-refractivity contribution in [1.29, 1.82) is 0 Å². The van der Waals surface area contributed by atoms with E-state index in [0.717, 1.165) is 14.9 Å². The van der Waals surface area contributed by atoms with Crippen LogP contribution in [-0.2, 0) is 11.3 Å². The first-order chi connectivity index (χ1) is 13.4. The van der Waals surface area contributed by atoms with Gasteiger partial charge in [-0.25, -0.2) is 4.79 Å². The van der Waals surface area contributed by atoms with E-state index in [1.165, 1.54) is 18.4 Å². The van der Waals surface area contributed by atoms with Crippen LogP contribution in [0.25, 0.3) is 0 Å². The summed E-state index contributed by atoms with van der Waals surface area (Å²) in [4.78, 5) is 12.9. The molecular weight excluding hydrogens is 484 g/mol. The normalized spacial score (nSPS) is 10.6. The van der Waals surface area contributed by atoms with Crippen LogP contribution in [0.5, 0.6) is 0 Å². The zero-order chi connectivity index (χ0) is 20.3. The van der Waals surface area contributed by atoms with Gasteiger partial charge >= 0.3 is 5.97 Å². The fourth-order valence-corrected chi connectivity index (χ4v) is 4.16. The summed E-state index contributed by atoms with van der Waals surface area (Å²) in [5, 5.41) is 12.2. The quantitative estimate of drug-likeness (QED) is 0.366. The number of anilines is 2. The Morgan fingerprint density at radius 1 is 1.36 bits per heavy atom. The Morgan fingerprint density at radius 3 is 2.75 bits per heavy atom. The number of benzene rings is 1. The highest BCUT2D eigenvalue weighted by atomic mass is 79.9. The third kappa shape index (κ3) is 5.11. The van der Waals surface area contributed by atoms with E-state index < -0.39 is 5.97 Å². The zero-order valence-corrected chi connectivity index (χ0v) is 18.9. The minimum atomic E-state index is -0.414. The Hall–Kier alpha value is -1.94. The highest BCUT2D eigenvalue weighted by Gasteiger charge is 2.17. The molecule has 2 aromatic heterocycles. The summed E-state index contributed by atoms with van der Waals surface area (Å²) in [5.41, 5.74) is 1.52. The Kier molecular flexibility index (Phi) is 6.71. The predicted molar refractivity (Wildman–Crippen MR) is 121 cm³/mol. The molecule has 0 amide bonds. The number of hydrogen-bond acceptors (Lipinski definition) is 5. The van der Waals surface area contributed by atoms with Crippen LogP contribution in [0.2, 0.25) is 5.02 Å². The lowest BCUT2D eigenvalue weighted by Gasteiger charge is -2.09. The Labute approximate surface area is 185 Å². The van der Waals surface area contributed by atoms with Gasteiger partial charge in [0, 0.05) is 16.1 Å². The Bertz CT molecular complexity index is 1020. The van der Waals surface area contributed by atoms with E-state index >= 15 is 0 Å². The summed E-state index contributed by atoms with van der Waals surface area (Å²) >= 11 is 16.2. The van der Waals surface area contributed by atoms with Crippen molar-refractivity contribution in [3.8, 4) is 0 Å². The third-order valence-electron chi connectivity index (χ3n) is 3.69. The highest BCUT2D eigenvalue weighted by molar-refractivity contribution is 9.10. The van der Waals surface area contributed by atoms with Gasteiger partial charge in [0.15, 0.2) is 10.9 Å². The zero-order valence-electron chi connectivity index (χ0n) is 15.0. The average Bonchev–Trinajstić information content (AvgIpc) is 3.18. The van der Waals surface area contributed by atoms with Gasteiger partial charge in [-0.2, -0.15) is 5.10 Å². The van der Waals surface area contributed by atoms with Crippen LogP contribution in [0.3, 0.4) is 0 Å². The Morgan fingerprint density at radius 2 is 2.07 bits per heavy atom. The van der Waals surface area contributed by atoms with Crippen molar-refractivity contribution in [2.24, 2.45) is 0 Å². The molecule has 3 aromatic rings. The van der Waals surface area contributed by atoms with E-state index in [1.807, 2.05) is 37.4 Å². The number of ether oxygens (including phenoxy) is 1. The second-order valence-electron chi connectivity index (χ2n) is 5.82. The van der Waals surface area contributed by atoms with Crippen LogP contribution in [-0.4, -0.2) is 28.0 Å². The molecule has 6 nitrogen and oxygen atoms in total. The molecule has 0 radical (unpaired) electrons. The molecule has 0 aliphatic heterocycles. The predicted octanol–water partition coefficient (Wildman–Crippen LogP) is 5.31. The summed E-state index contributed by atoms with van der Waals surface area (Å²) < 4.78 is 7.36. The molecule has 0 aliphatic carbocycles. The van der Waals surface area contributed by atoms with Crippen LogP contribution in [0.1, 0.15) is 20.8 Å². The van der Waals surface area contributed by atoms with Crippen molar-refractivity contribution in [3.05, 3.63) is 62.0 Å². The molecule has 0 saturated heterocycles. The van der Waals surface area contributed by atoms with Gasteiger partial charge < -0.3 is 15.4 Å². The van der Waals surface area contributed by atoms with E-state index in [4.69, 9.17) is 28.6 Å². The van der Waals surface area contributed by atoms with Gasteiger partial charge in [0.25, 0.3) is 0 Å². The summed E-state index contributed by atoms with van der Waals surface area (Å²) in [5.74, 6) is 0.155. The van der Waals surface area contributed by atoms with Gasteiger partial charge in [0.1, 0.15) is 5.00 Å². The van der Waals surface area contributed by atoms with Crippen molar-refractivity contribution in [3.63, 3.8) is 0 Å². The molecule has 0 spiro atoms. The topological polar surface area (TPSA) is 68.2 Å². The molecule has 0 bridgehead atoms. The number of aryl methyl sites for hydroxylation is 1. The van der Waals surface area contributed by atoms with Gasteiger partial charge in [-0.05, 0) is 58.8 Å². The summed E-state index contributed by atoms with van der Waals surface area (Å²) in [7, 11) is 1.35. The number of rotatable bonds is 5. The molecule has 28 heavy (non-hydrogen) atoms. The number of esters is 1. The number of carbonyl (C=O) groups excluding carboxylic acids is 1. The van der Waals surface area contributed by atoms with Crippen LogP contribution in [0.15, 0.2) is 41.0 Å². The fraction of sp³-hybridized carbons (Fsp3) is 0.167. The maximum absolute atomic E-state index is 11.9. The third-order valence-corrected chi connectivity index (χ3v) is 5.70. The van der Waals surface area contributed by atoms with E-state index in [-0.39, 0.29) is 0 Å². The molecule has 10 heteroatoms. The minimum Gasteiger partial charge on any atom is -0.465 e. The van der Waals surface area contributed by atoms with Gasteiger partial charge in [0.2, 0.25) is 0 Å². The van der Waals surface area contributed by atoms with Crippen molar-refractivity contribution in [2.45, 2.75) is 13.5 Å². The van der Waals surface area contributed by atoms with Crippen molar-refractivity contribution >= 4 is 73.0 Å². The maximum Gasteiger partial charge on any atom is 0.340 e. The molecule has 3 rings (SSSR count). The lowest BCUT2D eigenvalue weighted by molar-refractivity contribution is 0.0602. The molecule has 0 atom stereocenters. The molecule has 0 fully saturated rings. The fourth-order valence-electron chi connectivity index (χ4n) is 2.45. The smallest absolute Gasteiger partial charge is 0.340 e.